The first-order valence-electron chi connectivity index (χ1n) is 8.37. The van der Waals surface area contributed by atoms with Crippen LogP contribution in [0.5, 0.6) is 5.75 Å². The van der Waals surface area contributed by atoms with E-state index in [2.05, 4.69) is 22.0 Å². The molecule has 7 heteroatoms. The number of methoxy groups -OCH3 is 1. The van der Waals surface area contributed by atoms with Crippen molar-refractivity contribution in [3.63, 3.8) is 0 Å². The Morgan fingerprint density at radius 2 is 1.96 bits per heavy atom. The number of anilines is 1. The lowest BCUT2D eigenvalue weighted by Gasteiger charge is -2.22. The van der Waals surface area contributed by atoms with E-state index in [4.69, 9.17) is 4.74 Å². The van der Waals surface area contributed by atoms with Crippen LogP contribution in [-0.2, 0) is 6.54 Å². The van der Waals surface area contributed by atoms with E-state index in [9.17, 15) is 10.1 Å². The molecule has 0 saturated carbocycles. The first kappa shape index (κ1) is 17.2. The second-order valence-corrected chi connectivity index (χ2v) is 6.07. The Morgan fingerprint density at radius 3 is 2.68 bits per heavy atom. The molecule has 0 radical (unpaired) electrons. The zero-order valence-corrected chi connectivity index (χ0v) is 14.3. The average molecular weight is 342 g/mol. The van der Waals surface area contributed by atoms with Crippen LogP contribution in [0.2, 0.25) is 0 Å². The molecule has 0 N–H and O–H groups in total. The van der Waals surface area contributed by atoms with Crippen LogP contribution in [-0.4, -0.2) is 48.1 Å². The molecule has 2 aromatic rings. The molecule has 0 unspecified atom stereocenters. The van der Waals surface area contributed by atoms with E-state index in [1.807, 2.05) is 17.0 Å². The minimum absolute atomic E-state index is 0.0751. The molecule has 1 aliphatic rings. The van der Waals surface area contributed by atoms with Crippen molar-refractivity contribution in [3.05, 3.63) is 58.3 Å². The van der Waals surface area contributed by atoms with Crippen molar-refractivity contribution in [2.75, 3.05) is 38.2 Å². The summed E-state index contributed by atoms with van der Waals surface area (Å²) in [5.74, 6) is 1.33. The number of nitro groups is 1. The average Bonchev–Trinajstić information content (AvgIpc) is 2.88. The first-order valence-corrected chi connectivity index (χ1v) is 8.37. The fourth-order valence-electron chi connectivity index (χ4n) is 3.10. The van der Waals surface area contributed by atoms with Crippen molar-refractivity contribution in [1.29, 1.82) is 0 Å². The number of pyridine rings is 1. The normalized spacial score (nSPS) is 15.6. The highest BCUT2D eigenvalue weighted by Crippen LogP contribution is 2.26. The maximum absolute atomic E-state index is 11.2. The highest BCUT2D eigenvalue weighted by atomic mass is 16.6. The summed E-state index contributed by atoms with van der Waals surface area (Å²) in [6, 6.07) is 11.2. The van der Waals surface area contributed by atoms with Gasteiger partial charge >= 0.3 is 5.69 Å². The number of nitrogens with zero attached hydrogens (tertiary/aromatic N) is 4. The van der Waals surface area contributed by atoms with Gasteiger partial charge in [-0.15, -0.1) is 0 Å². The summed E-state index contributed by atoms with van der Waals surface area (Å²) in [5.41, 5.74) is 1.31. The number of aromatic nitrogens is 1. The molecule has 132 valence electrons. The molecule has 7 nitrogen and oxygen atoms in total. The smallest absolute Gasteiger partial charge is 0.311 e. The molecule has 1 aromatic heterocycles. The maximum Gasteiger partial charge on any atom is 0.311 e. The van der Waals surface area contributed by atoms with E-state index < -0.39 is 0 Å². The minimum Gasteiger partial charge on any atom is -0.497 e. The molecule has 1 aliphatic heterocycles. The van der Waals surface area contributed by atoms with E-state index >= 15 is 0 Å². The van der Waals surface area contributed by atoms with Gasteiger partial charge in [0.05, 0.1) is 12.0 Å². The summed E-state index contributed by atoms with van der Waals surface area (Å²) in [6.07, 6.45) is 2.56. The summed E-state index contributed by atoms with van der Waals surface area (Å²) in [6.45, 7) is 4.18. The molecule has 0 aliphatic carbocycles. The van der Waals surface area contributed by atoms with Gasteiger partial charge in [-0.05, 0) is 30.2 Å². The molecule has 2 heterocycles. The van der Waals surface area contributed by atoms with Crippen molar-refractivity contribution in [1.82, 2.24) is 9.88 Å². The molecule has 0 bridgehead atoms. The monoisotopic (exact) mass is 342 g/mol. The van der Waals surface area contributed by atoms with Crippen molar-refractivity contribution in [2.45, 2.75) is 13.0 Å². The van der Waals surface area contributed by atoms with Gasteiger partial charge < -0.3 is 9.64 Å². The number of benzene rings is 1. The lowest BCUT2D eigenvalue weighted by atomic mass is 10.2. The summed E-state index contributed by atoms with van der Waals surface area (Å²) in [7, 11) is 1.66. The Labute approximate surface area is 147 Å². The molecule has 1 saturated heterocycles. The summed E-state index contributed by atoms with van der Waals surface area (Å²) < 4.78 is 5.19. The van der Waals surface area contributed by atoms with Gasteiger partial charge in [0.15, 0.2) is 0 Å². The Bertz CT molecular complexity index is 721. The second-order valence-electron chi connectivity index (χ2n) is 6.07. The molecule has 25 heavy (non-hydrogen) atoms. The molecule has 0 spiro atoms. The second kappa shape index (κ2) is 7.94. The van der Waals surface area contributed by atoms with Crippen molar-refractivity contribution >= 4 is 11.5 Å². The highest BCUT2D eigenvalue weighted by molar-refractivity contribution is 5.57. The lowest BCUT2D eigenvalue weighted by Crippen LogP contribution is -2.31. The van der Waals surface area contributed by atoms with E-state index in [-0.39, 0.29) is 10.6 Å². The van der Waals surface area contributed by atoms with Crippen LogP contribution >= 0.6 is 0 Å². The van der Waals surface area contributed by atoms with Crippen LogP contribution in [0.25, 0.3) is 0 Å². The van der Waals surface area contributed by atoms with Crippen LogP contribution in [0, 0.1) is 10.1 Å². The zero-order valence-electron chi connectivity index (χ0n) is 14.3. The van der Waals surface area contributed by atoms with Crippen LogP contribution in [0.4, 0.5) is 11.5 Å². The van der Waals surface area contributed by atoms with Gasteiger partial charge in [0.1, 0.15) is 5.75 Å². The molecule has 3 rings (SSSR count). The Hall–Kier alpha value is -2.67. The molecule has 0 atom stereocenters. The number of rotatable bonds is 5. The first-order chi connectivity index (χ1) is 12.2. The number of ether oxygens (including phenoxy) is 1. The van der Waals surface area contributed by atoms with Crippen molar-refractivity contribution in [3.8, 4) is 5.75 Å². The molecule has 0 amide bonds. The van der Waals surface area contributed by atoms with Crippen LogP contribution < -0.4 is 9.64 Å². The highest BCUT2D eigenvalue weighted by Gasteiger charge is 2.23. The van der Waals surface area contributed by atoms with Gasteiger partial charge in [0, 0.05) is 45.0 Å². The minimum atomic E-state index is -0.359. The van der Waals surface area contributed by atoms with Crippen molar-refractivity contribution < 1.29 is 9.66 Å². The molecular weight excluding hydrogens is 320 g/mol. The van der Waals surface area contributed by atoms with Crippen molar-refractivity contribution in [2.24, 2.45) is 0 Å². The quantitative estimate of drug-likeness (QED) is 0.614. The third-order valence-electron chi connectivity index (χ3n) is 4.42. The molecular formula is C18H22N4O3. The van der Waals surface area contributed by atoms with Gasteiger partial charge in [0.2, 0.25) is 5.82 Å². The van der Waals surface area contributed by atoms with Crippen LogP contribution in [0.3, 0.4) is 0 Å². The standard InChI is InChI=1S/C18H22N4O3/c1-25-16-7-5-15(6-8-16)14-20-10-3-11-21(13-12-20)18-17(22(23)24)4-2-9-19-18/h2,4-9H,3,10-14H2,1H3. The van der Waals surface area contributed by atoms with Gasteiger partial charge in [-0.1, -0.05) is 12.1 Å². The SMILES string of the molecule is COc1ccc(CN2CCCN(c3ncccc3[N+](=O)[O-])CC2)cc1. The predicted molar refractivity (Wildman–Crippen MR) is 96.0 cm³/mol. The third kappa shape index (κ3) is 4.24. The Balaban J connectivity index is 1.65. The topological polar surface area (TPSA) is 71.7 Å². The fourth-order valence-corrected chi connectivity index (χ4v) is 3.10. The van der Waals surface area contributed by atoms with E-state index in [0.717, 1.165) is 44.9 Å². The van der Waals surface area contributed by atoms with Crippen LogP contribution in [0.1, 0.15) is 12.0 Å². The summed E-state index contributed by atoms with van der Waals surface area (Å²) >= 11 is 0. The number of hydrogen-bond acceptors (Lipinski definition) is 6. The maximum atomic E-state index is 11.2. The van der Waals surface area contributed by atoms with E-state index in [1.54, 1.807) is 19.4 Å². The van der Waals surface area contributed by atoms with Gasteiger partial charge in [-0.25, -0.2) is 4.98 Å². The predicted octanol–water partition coefficient (Wildman–Crippen LogP) is 2.71. The van der Waals surface area contributed by atoms with Gasteiger partial charge in [-0.2, -0.15) is 0 Å². The third-order valence-corrected chi connectivity index (χ3v) is 4.42. The largest absolute Gasteiger partial charge is 0.497 e. The molecule has 1 fully saturated rings. The van der Waals surface area contributed by atoms with E-state index in [1.165, 1.54) is 11.6 Å². The van der Waals surface area contributed by atoms with Gasteiger partial charge in [-0.3, -0.25) is 15.0 Å². The van der Waals surface area contributed by atoms with Gasteiger partial charge in [0.25, 0.3) is 0 Å². The number of hydrogen-bond donors (Lipinski definition) is 0. The summed E-state index contributed by atoms with van der Waals surface area (Å²) in [4.78, 5) is 19.5. The van der Waals surface area contributed by atoms with E-state index in [0.29, 0.717) is 5.82 Å². The van der Waals surface area contributed by atoms with Crippen LogP contribution in [0.15, 0.2) is 42.6 Å². The Kier molecular flexibility index (Phi) is 5.45. The lowest BCUT2D eigenvalue weighted by molar-refractivity contribution is -0.384. The Morgan fingerprint density at radius 1 is 1.16 bits per heavy atom. The molecule has 1 aromatic carbocycles. The summed E-state index contributed by atoms with van der Waals surface area (Å²) in [5, 5.41) is 11.2. The zero-order chi connectivity index (χ0) is 17.6. The fraction of sp³-hybridized carbons (Fsp3) is 0.389.